The molecule has 27 heavy (non-hydrogen) atoms. The van der Waals surface area contributed by atoms with Crippen molar-refractivity contribution in [2.75, 3.05) is 11.9 Å². The van der Waals surface area contributed by atoms with Crippen LogP contribution in [-0.4, -0.2) is 17.4 Å². The summed E-state index contributed by atoms with van der Waals surface area (Å²) in [5.74, 6) is 0.258. The maximum absolute atomic E-state index is 12.4. The summed E-state index contributed by atoms with van der Waals surface area (Å²) in [4.78, 5) is 22.7. The number of non-ortho nitro benzene ring substituents is 1. The van der Waals surface area contributed by atoms with Crippen molar-refractivity contribution in [3.8, 4) is 0 Å². The lowest BCUT2D eigenvalue weighted by molar-refractivity contribution is -0.692. The highest BCUT2D eigenvalue weighted by molar-refractivity contribution is 5.92. The van der Waals surface area contributed by atoms with E-state index in [1.807, 2.05) is 5.32 Å². The van der Waals surface area contributed by atoms with Crippen LogP contribution in [0.2, 0.25) is 0 Å². The Bertz CT molecular complexity index is 801. The van der Waals surface area contributed by atoms with Crippen molar-refractivity contribution in [3.63, 3.8) is 0 Å². The van der Waals surface area contributed by atoms with Crippen LogP contribution >= 0.6 is 0 Å². The first-order chi connectivity index (χ1) is 12.8. The maximum Gasteiger partial charge on any atom is 0.279 e. The first-order valence-electron chi connectivity index (χ1n) is 9.28. The fourth-order valence-electron chi connectivity index (χ4n) is 3.11. The van der Waals surface area contributed by atoms with E-state index < -0.39 is 4.92 Å². The smallest absolute Gasteiger partial charge is 0.279 e. The monoisotopic (exact) mass is 370 g/mol. The molecule has 0 bridgehead atoms. The van der Waals surface area contributed by atoms with Crippen LogP contribution in [0.3, 0.4) is 0 Å². The number of hydrogen-bond acceptors (Lipinski definition) is 3. The van der Waals surface area contributed by atoms with Gasteiger partial charge in [-0.1, -0.05) is 45.0 Å². The highest BCUT2D eigenvalue weighted by Gasteiger charge is 2.21. The first-order valence-corrected chi connectivity index (χ1v) is 9.28. The van der Waals surface area contributed by atoms with Crippen molar-refractivity contribution in [2.24, 2.45) is 5.92 Å². The lowest BCUT2D eigenvalue weighted by Gasteiger charge is -2.20. The number of amides is 1. The minimum Gasteiger partial charge on any atom is -0.332 e. The Labute approximate surface area is 160 Å². The predicted octanol–water partition coefficient (Wildman–Crippen LogP) is 3.36. The van der Waals surface area contributed by atoms with Gasteiger partial charge in [-0.25, -0.2) is 0 Å². The predicted molar refractivity (Wildman–Crippen MR) is 107 cm³/mol. The van der Waals surface area contributed by atoms with Gasteiger partial charge in [0.25, 0.3) is 11.6 Å². The highest BCUT2D eigenvalue weighted by atomic mass is 16.6. The number of nitrogens with two attached hydrogens (primary N) is 1. The van der Waals surface area contributed by atoms with Crippen molar-refractivity contribution >= 4 is 17.3 Å². The number of nitro groups is 1. The van der Waals surface area contributed by atoms with E-state index in [9.17, 15) is 14.9 Å². The third-order valence-corrected chi connectivity index (χ3v) is 4.74. The molecular weight excluding hydrogens is 342 g/mol. The van der Waals surface area contributed by atoms with E-state index in [4.69, 9.17) is 0 Å². The molecule has 0 unspecified atom stereocenters. The quantitative estimate of drug-likeness (QED) is 0.551. The van der Waals surface area contributed by atoms with Gasteiger partial charge in [-0.15, -0.1) is 0 Å². The third kappa shape index (κ3) is 5.62. The SMILES string of the molecule is CCc1ccc([C@@H]([NH2+]CC(=O)Nc2ccc([N+](=O)[O-])cc2C)C(C)C)cc1. The number of aryl methyl sites for hydroxylation is 2. The standard InChI is InChI=1S/C21H27N3O3/c1-5-16-6-8-17(9-7-16)21(14(2)3)22-13-20(25)23-19-11-10-18(24(26)27)12-15(19)4/h6-12,14,21-22H,5,13H2,1-4H3,(H,23,25)/p+1/t21-/m0/s1. The van der Waals surface area contributed by atoms with Crippen molar-refractivity contribution in [1.82, 2.24) is 0 Å². The number of benzene rings is 2. The first kappa shape index (κ1) is 20.6. The van der Waals surface area contributed by atoms with Crippen LogP contribution in [0.25, 0.3) is 0 Å². The van der Waals surface area contributed by atoms with E-state index >= 15 is 0 Å². The van der Waals surface area contributed by atoms with Crippen LogP contribution < -0.4 is 10.6 Å². The molecule has 6 nitrogen and oxygen atoms in total. The molecule has 2 aromatic carbocycles. The Morgan fingerprint density at radius 1 is 1.19 bits per heavy atom. The average molecular weight is 370 g/mol. The maximum atomic E-state index is 12.4. The summed E-state index contributed by atoms with van der Waals surface area (Å²) >= 11 is 0. The topological polar surface area (TPSA) is 88.8 Å². The summed E-state index contributed by atoms with van der Waals surface area (Å²) in [6.45, 7) is 8.46. The summed E-state index contributed by atoms with van der Waals surface area (Å²) < 4.78 is 0. The number of nitro benzene ring substituents is 1. The minimum atomic E-state index is -0.441. The second kappa shape index (κ2) is 9.28. The number of nitrogens with zero attached hydrogens (tertiary/aromatic N) is 1. The van der Waals surface area contributed by atoms with Gasteiger partial charge in [0.2, 0.25) is 0 Å². The van der Waals surface area contributed by atoms with E-state index in [-0.39, 0.29) is 24.2 Å². The molecule has 6 heteroatoms. The number of carbonyl (C=O) groups is 1. The molecule has 2 rings (SSSR count). The molecule has 0 spiro atoms. The number of quaternary nitrogens is 1. The summed E-state index contributed by atoms with van der Waals surface area (Å²) in [6.07, 6.45) is 1.01. The van der Waals surface area contributed by atoms with Gasteiger partial charge in [0.05, 0.1) is 4.92 Å². The fourth-order valence-corrected chi connectivity index (χ4v) is 3.11. The summed E-state index contributed by atoms with van der Waals surface area (Å²) in [6, 6.07) is 13.2. The highest BCUT2D eigenvalue weighted by Crippen LogP contribution is 2.21. The number of anilines is 1. The van der Waals surface area contributed by atoms with Gasteiger partial charge in [-0.3, -0.25) is 14.9 Å². The third-order valence-electron chi connectivity index (χ3n) is 4.74. The van der Waals surface area contributed by atoms with Crippen molar-refractivity contribution < 1.29 is 15.0 Å². The van der Waals surface area contributed by atoms with E-state index in [0.717, 1.165) is 6.42 Å². The number of nitrogens with one attached hydrogen (secondary N) is 1. The van der Waals surface area contributed by atoms with E-state index in [1.54, 1.807) is 13.0 Å². The zero-order chi connectivity index (χ0) is 20.0. The lowest BCUT2D eigenvalue weighted by Crippen LogP contribution is -2.88. The Balaban J connectivity index is 2.00. The molecule has 0 aliphatic rings. The summed E-state index contributed by atoms with van der Waals surface area (Å²) in [5.41, 5.74) is 3.81. The zero-order valence-corrected chi connectivity index (χ0v) is 16.4. The molecule has 2 aromatic rings. The van der Waals surface area contributed by atoms with Crippen molar-refractivity contribution in [3.05, 3.63) is 69.3 Å². The Morgan fingerprint density at radius 2 is 1.85 bits per heavy atom. The van der Waals surface area contributed by atoms with E-state index in [2.05, 4.69) is 50.4 Å². The van der Waals surface area contributed by atoms with Crippen LogP contribution in [0.5, 0.6) is 0 Å². The minimum absolute atomic E-state index is 0.0208. The molecule has 1 atom stereocenters. The second-order valence-corrected chi connectivity index (χ2v) is 7.11. The fraction of sp³-hybridized carbons (Fsp3) is 0.381. The Morgan fingerprint density at radius 3 is 2.37 bits per heavy atom. The molecular formula is C21H28N3O3+. The van der Waals surface area contributed by atoms with Crippen LogP contribution in [0.4, 0.5) is 11.4 Å². The van der Waals surface area contributed by atoms with Gasteiger partial charge in [-0.2, -0.15) is 0 Å². The molecule has 3 N–H and O–H groups in total. The Hall–Kier alpha value is -2.73. The van der Waals surface area contributed by atoms with E-state index in [0.29, 0.717) is 17.2 Å². The molecule has 0 saturated carbocycles. The molecule has 0 saturated heterocycles. The van der Waals surface area contributed by atoms with Crippen LogP contribution in [0, 0.1) is 23.0 Å². The van der Waals surface area contributed by atoms with Crippen LogP contribution in [0.1, 0.15) is 43.5 Å². The number of hydrogen-bond donors (Lipinski definition) is 2. The van der Waals surface area contributed by atoms with Gasteiger partial charge < -0.3 is 10.6 Å². The van der Waals surface area contributed by atoms with Crippen LogP contribution in [-0.2, 0) is 11.2 Å². The Kier molecular flexibility index (Phi) is 7.07. The molecule has 0 radical (unpaired) electrons. The second-order valence-electron chi connectivity index (χ2n) is 7.11. The average Bonchev–Trinajstić information content (AvgIpc) is 2.63. The molecule has 0 aliphatic carbocycles. The molecule has 144 valence electrons. The molecule has 0 fully saturated rings. The number of carbonyl (C=O) groups excluding carboxylic acids is 1. The van der Waals surface area contributed by atoms with Crippen molar-refractivity contribution in [2.45, 2.75) is 40.2 Å². The summed E-state index contributed by atoms with van der Waals surface area (Å²) in [5, 5.41) is 15.7. The summed E-state index contributed by atoms with van der Waals surface area (Å²) in [7, 11) is 0. The van der Waals surface area contributed by atoms with Gasteiger partial charge in [0.15, 0.2) is 6.54 Å². The van der Waals surface area contributed by atoms with Gasteiger partial charge >= 0.3 is 0 Å². The van der Waals surface area contributed by atoms with Gasteiger partial charge in [0, 0.05) is 29.3 Å². The molecule has 0 aromatic heterocycles. The number of rotatable bonds is 8. The van der Waals surface area contributed by atoms with Crippen molar-refractivity contribution in [1.29, 1.82) is 0 Å². The van der Waals surface area contributed by atoms with E-state index in [1.165, 1.54) is 23.3 Å². The molecule has 0 aliphatic heterocycles. The van der Waals surface area contributed by atoms with Crippen LogP contribution in [0.15, 0.2) is 42.5 Å². The lowest BCUT2D eigenvalue weighted by atomic mass is 9.95. The van der Waals surface area contributed by atoms with Gasteiger partial charge in [0.1, 0.15) is 6.04 Å². The zero-order valence-electron chi connectivity index (χ0n) is 16.4. The largest absolute Gasteiger partial charge is 0.332 e. The van der Waals surface area contributed by atoms with Gasteiger partial charge in [-0.05, 0) is 30.5 Å². The molecule has 0 heterocycles. The normalized spacial score (nSPS) is 12.0. The molecule has 1 amide bonds.